The summed E-state index contributed by atoms with van der Waals surface area (Å²) >= 11 is 5.79. The summed E-state index contributed by atoms with van der Waals surface area (Å²) in [4.78, 5) is 30.2. The van der Waals surface area contributed by atoms with Gasteiger partial charge in [-0.15, -0.1) is 29.1 Å². The lowest BCUT2D eigenvalue weighted by Gasteiger charge is -2.20. The fourth-order valence-corrected chi connectivity index (χ4v) is 5.49. The molecule has 11 heteroatoms. The highest BCUT2D eigenvalue weighted by Gasteiger charge is 2.18. The summed E-state index contributed by atoms with van der Waals surface area (Å²) in [5.41, 5.74) is 8.00. The largest absolute Gasteiger partial charge is 0.496 e. The molecule has 1 amide bonds. The Morgan fingerprint density at radius 2 is 1.71 bits per heavy atom. The van der Waals surface area contributed by atoms with Crippen LogP contribution in [-0.2, 0) is 0 Å². The van der Waals surface area contributed by atoms with Gasteiger partial charge in [0.1, 0.15) is 16.1 Å². The average Bonchev–Trinajstić information content (AvgIpc) is 3.59. The van der Waals surface area contributed by atoms with Crippen LogP contribution >= 0.6 is 24.0 Å². The van der Waals surface area contributed by atoms with Gasteiger partial charge in [0.2, 0.25) is 0 Å². The highest BCUT2D eigenvalue weighted by molar-refractivity contribution is 7.97. The molecule has 5 aromatic rings. The first-order chi connectivity index (χ1) is 23.2. The lowest BCUT2D eigenvalue weighted by molar-refractivity contribution is 0.102. The number of carbonyl (C=O) groups is 1. The summed E-state index contributed by atoms with van der Waals surface area (Å²) in [5, 5.41) is 12.1. The molecule has 2 aromatic heterocycles. The fourth-order valence-electron chi connectivity index (χ4n) is 4.57. The minimum absolute atomic E-state index is 0.237. The summed E-state index contributed by atoms with van der Waals surface area (Å²) in [6.07, 6.45) is 4.39. The van der Waals surface area contributed by atoms with Crippen molar-refractivity contribution in [3.8, 4) is 17.1 Å². The molecule has 0 saturated heterocycles. The molecule has 1 N–H and O–H groups in total. The molecule has 0 aliphatic carbocycles. The van der Waals surface area contributed by atoms with E-state index in [0.29, 0.717) is 33.5 Å². The summed E-state index contributed by atoms with van der Waals surface area (Å²) in [6.45, 7) is 10.3. The number of thiol groups is 1. The van der Waals surface area contributed by atoms with Crippen LogP contribution in [-0.4, -0.2) is 45.8 Å². The van der Waals surface area contributed by atoms with E-state index >= 15 is 0 Å². The Balaban J connectivity index is 0.00000123. The smallest absolute Gasteiger partial charge is 0.255 e. The van der Waals surface area contributed by atoms with Crippen molar-refractivity contribution < 1.29 is 9.53 Å². The van der Waals surface area contributed by atoms with Gasteiger partial charge in [-0.3, -0.25) is 4.79 Å². The zero-order valence-corrected chi connectivity index (χ0v) is 30.3. The van der Waals surface area contributed by atoms with E-state index in [-0.39, 0.29) is 5.91 Å². The van der Waals surface area contributed by atoms with Crippen LogP contribution in [0.2, 0.25) is 0 Å². The lowest BCUT2D eigenvalue weighted by atomic mass is 10.1. The Kier molecular flexibility index (Phi) is 13.2. The maximum absolute atomic E-state index is 13.2. The van der Waals surface area contributed by atoms with E-state index in [1.165, 1.54) is 24.2 Å². The van der Waals surface area contributed by atoms with Crippen LogP contribution in [0.25, 0.3) is 21.7 Å². The number of aromatic nitrogens is 3. The number of anilines is 3. The topological polar surface area (TPSA) is 105 Å². The van der Waals surface area contributed by atoms with Gasteiger partial charge in [0.15, 0.2) is 11.6 Å². The van der Waals surface area contributed by atoms with Crippen molar-refractivity contribution in [2.45, 2.75) is 60.3 Å². The SMILES string of the molecule is CCC/C(S)=N\N=C(/C)c1ccc(NC(=O)c2cccc(-c3nc(N(C)c4ccc(OC)c(C)c4)c4ncsc4n3)c2)cc1.CCCC. The second-order valence-electron chi connectivity index (χ2n) is 11.2. The molecular weight excluding hydrogens is 639 g/mol. The highest BCUT2D eigenvalue weighted by atomic mass is 32.1. The maximum atomic E-state index is 13.2. The van der Waals surface area contributed by atoms with Gasteiger partial charge in [-0.2, -0.15) is 5.10 Å². The first-order valence-electron chi connectivity index (χ1n) is 16.0. The van der Waals surface area contributed by atoms with Gasteiger partial charge in [0.05, 0.1) is 23.4 Å². The molecular formula is C37H43N7O2S2. The number of carbonyl (C=O) groups excluding carboxylic acids is 1. The molecule has 3 aromatic carbocycles. The quantitative estimate of drug-likeness (QED) is 0.0623. The van der Waals surface area contributed by atoms with E-state index in [9.17, 15) is 4.79 Å². The number of amides is 1. The number of nitrogens with zero attached hydrogens (tertiary/aromatic N) is 6. The van der Waals surface area contributed by atoms with Crippen molar-refractivity contribution in [2.24, 2.45) is 10.2 Å². The van der Waals surface area contributed by atoms with Crippen molar-refractivity contribution in [3.05, 3.63) is 88.9 Å². The second kappa shape index (κ2) is 17.5. The van der Waals surface area contributed by atoms with E-state index in [1.54, 1.807) is 24.8 Å². The number of fused-ring (bicyclic) bond motifs is 1. The zero-order chi connectivity index (χ0) is 34.6. The minimum atomic E-state index is -0.237. The molecule has 0 unspecified atom stereocenters. The van der Waals surface area contributed by atoms with Gasteiger partial charge in [0.25, 0.3) is 5.91 Å². The number of benzene rings is 3. The van der Waals surface area contributed by atoms with E-state index in [1.807, 2.05) is 80.4 Å². The van der Waals surface area contributed by atoms with Gasteiger partial charge in [-0.1, -0.05) is 64.3 Å². The average molecular weight is 682 g/mol. The first-order valence-corrected chi connectivity index (χ1v) is 17.3. The zero-order valence-electron chi connectivity index (χ0n) is 28.6. The number of thiazole rings is 1. The summed E-state index contributed by atoms with van der Waals surface area (Å²) in [5.74, 6) is 1.76. The number of aryl methyl sites for hydroxylation is 1. The van der Waals surface area contributed by atoms with Gasteiger partial charge >= 0.3 is 0 Å². The van der Waals surface area contributed by atoms with E-state index < -0.39 is 0 Å². The fraction of sp³-hybridized carbons (Fsp3) is 0.297. The number of rotatable bonds is 11. The lowest BCUT2D eigenvalue weighted by Crippen LogP contribution is -2.14. The van der Waals surface area contributed by atoms with Gasteiger partial charge in [0, 0.05) is 29.5 Å². The van der Waals surface area contributed by atoms with E-state index in [0.717, 1.165) is 51.5 Å². The van der Waals surface area contributed by atoms with Crippen LogP contribution in [0.5, 0.6) is 5.75 Å². The van der Waals surface area contributed by atoms with Gasteiger partial charge < -0.3 is 15.0 Å². The van der Waals surface area contributed by atoms with Crippen LogP contribution in [0, 0.1) is 6.92 Å². The molecule has 48 heavy (non-hydrogen) atoms. The molecule has 9 nitrogen and oxygen atoms in total. The molecule has 2 heterocycles. The van der Waals surface area contributed by atoms with Crippen LogP contribution in [0.1, 0.15) is 74.9 Å². The van der Waals surface area contributed by atoms with Crippen molar-refractivity contribution in [1.82, 2.24) is 15.0 Å². The minimum Gasteiger partial charge on any atom is -0.496 e. The first kappa shape index (κ1) is 36.2. The molecule has 0 bridgehead atoms. The molecule has 5 rings (SSSR count). The van der Waals surface area contributed by atoms with Crippen LogP contribution < -0.4 is 15.0 Å². The van der Waals surface area contributed by atoms with Crippen LogP contribution in [0.3, 0.4) is 0 Å². The third-order valence-electron chi connectivity index (χ3n) is 7.50. The predicted molar refractivity (Wildman–Crippen MR) is 205 cm³/mol. The number of ether oxygens (including phenoxy) is 1. The molecule has 0 aliphatic rings. The van der Waals surface area contributed by atoms with E-state index in [4.69, 9.17) is 14.7 Å². The van der Waals surface area contributed by atoms with Crippen molar-refractivity contribution >= 4 is 68.2 Å². The van der Waals surface area contributed by atoms with E-state index in [2.05, 4.69) is 53.9 Å². The van der Waals surface area contributed by atoms with Crippen molar-refractivity contribution in [2.75, 3.05) is 24.4 Å². The third-order valence-corrected chi connectivity index (χ3v) is 8.53. The third kappa shape index (κ3) is 9.26. The molecule has 0 aliphatic heterocycles. The highest BCUT2D eigenvalue weighted by Crippen LogP contribution is 2.34. The molecule has 0 fully saturated rings. The maximum Gasteiger partial charge on any atom is 0.255 e. The number of methoxy groups -OCH3 is 1. The van der Waals surface area contributed by atoms with Crippen LogP contribution in [0.4, 0.5) is 17.2 Å². The second-order valence-corrected chi connectivity index (χ2v) is 12.5. The molecule has 0 saturated carbocycles. The Morgan fingerprint density at radius 1 is 0.958 bits per heavy atom. The van der Waals surface area contributed by atoms with Crippen molar-refractivity contribution in [1.29, 1.82) is 0 Å². The number of unbranched alkanes of at least 4 members (excludes halogenated alkanes) is 1. The van der Waals surface area contributed by atoms with Gasteiger partial charge in [-0.05, 0) is 73.9 Å². The monoisotopic (exact) mass is 681 g/mol. The summed E-state index contributed by atoms with van der Waals surface area (Å²) in [6, 6.07) is 20.8. The molecule has 0 radical (unpaired) electrons. The number of hydrogen-bond donors (Lipinski definition) is 2. The molecule has 250 valence electrons. The standard InChI is InChI=1S/C33H33N7O2S2.C4H10/c1-6-8-28(43)39-38-21(3)22-11-13-25(14-12-22)35-32(41)24-10-7-9-23(18-24)30-36-31(29-33(37-30)44-19-34-29)40(4)26-15-16-27(42-5)20(2)17-26;1-3-4-2/h7,9-19H,6,8H2,1-5H3,(H,35,41)(H,39,43);3-4H2,1-2H3/b38-21+;. The summed E-state index contributed by atoms with van der Waals surface area (Å²) < 4.78 is 5.43. The van der Waals surface area contributed by atoms with Crippen molar-refractivity contribution in [3.63, 3.8) is 0 Å². The molecule has 0 atom stereocenters. The number of hydrogen-bond acceptors (Lipinski definition) is 9. The summed E-state index contributed by atoms with van der Waals surface area (Å²) in [7, 11) is 3.61. The Labute approximate surface area is 292 Å². The normalized spacial score (nSPS) is 11.6. The van der Waals surface area contributed by atoms with Crippen LogP contribution in [0.15, 0.2) is 82.4 Å². The van der Waals surface area contributed by atoms with Gasteiger partial charge in [-0.25, -0.2) is 15.0 Å². The predicted octanol–water partition coefficient (Wildman–Crippen LogP) is 9.75. The Bertz CT molecular complexity index is 1900. The molecule has 0 spiro atoms. The number of nitrogens with one attached hydrogen (secondary N) is 1. The Morgan fingerprint density at radius 3 is 2.38 bits per heavy atom. The Hall–Kier alpha value is -4.61.